The van der Waals surface area contributed by atoms with E-state index in [4.69, 9.17) is 11.5 Å². The number of hydrogen-bond acceptors (Lipinski definition) is 6. The quantitative estimate of drug-likeness (QED) is 0.597. The topological polar surface area (TPSA) is 123 Å². The van der Waals surface area contributed by atoms with Crippen molar-refractivity contribution in [3.05, 3.63) is 4.88 Å². The first-order chi connectivity index (χ1) is 8.95. The highest BCUT2D eigenvalue weighted by atomic mass is 32.1. The number of carbonyl (C=O) groups excluding carboxylic acids is 2. The van der Waals surface area contributed by atoms with Crippen molar-refractivity contribution in [2.75, 3.05) is 11.1 Å². The zero-order valence-electron chi connectivity index (χ0n) is 10.6. The van der Waals surface area contributed by atoms with E-state index in [1.807, 2.05) is 0 Å². The summed E-state index contributed by atoms with van der Waals surface area (Å²) < 4.78 is 0. The summed E-state index contributed by atoms with van der Waals surface area (Å²) in [5.74, 6) is -0.578. The Hall–Kier alpha value is -1.83. The van der Waals surface area contributed by atoms with Gasteiger partial charge in [0.05, 0.1) is 0 Å². The highest BCUT2D eigenvalue weighted by Crippen LogP contribution is 2.30. The minimum Gasteiger partial charge on any atom is -0.382 e. The molecule has 2 rings (SSSR count). The maximum atomic E-state index is 12.0. The number of amides is 2. The highest BCUT2D eigenvalue weighted by Gasteiger charge is 2.24. The summed E-state index contributed by atoms with van der Waals surface area (Å²) in [5.41, 5.74) is 10.8. The Balaban J connectivity index is 1.97. The number of thiazole rings is 1. The molecule has 1 unspecified atom stereocenters. The first-order valence-electron chi connectivity index (χ1n) is 6.07. The van der Waals surface area contributed by atoms with Gasteiger partial charge in [0.15, 0.2) is 5.13 Å². The summed E-state index contributed by atoms with van der Waals surface area (Å²) in [4.78, 5) is 27.2. The molecule has 0 radical (unpaired) electrons. The van der Waals surface area contributed by atoms with Crippen molar-refractivity contribution in [3.63, 3.8) is 0 Å². The number of carbonyl (C=O) groups is 2. The zero-order valence-corrected chi connectivity index (χ0v) is 11.4. The Morgan fingerprint density at radius 1 is 1.53 bits per heavy atom. The molecule has 6 N–H and O–H groups in total. The van der Waals surface area contributed by atoms with Crippen LogP contribution < -0.4 is 22.1 Å². The Morgan fingerprint density at radius 2 is 2.21 bits per heavy atom. The van der Waals surface area contributed by atoms with E-state index in [0.717, 1.165) is 12.8 Å². The van der Waals surface area contributed by atoms with E-state index in [0.29, 0.717) is 16.1 Å². The fourth-order valence-corrected chi connectivity index (χ4v) is 2.47. The average Bonchev–Trinajstić information content (AvgIpc) is 3.00. The van der Waals surface area contributed by atoms with Crippen molar-refractivity contribution in [3.8, 4) is 0 Å². The number of nitrogen functional groups attached to an aromatic ring is 1. The van der Waals surface area contributed by atoms with Gasteiger partial charge in [-0.05, 0) is 19.8 Å². The second-order valence-electron chi connectivity index (χ2n) is 4.70. The van der Waals surface area contributed by atoms with Crippen molar-refractivity contribution >= 4 is 34.1 Å². The van der Waals surface area contributed by atoms with Crippen LogP contribution in [0.1, 0.15) is 35.9 Å². The van der Waals surface area contributed by atoms with Gasteiger partial charge >= 0.3 is 0 Å². The van der Waals surface area contributed by atoms with Crippen LogP contribution in [-0.4, -0.2) is 28.9 Å². The van der Waals surface area contributed by atoms with Crippen LogP contribution in [0.25, 0.3) is 0 Å². The van der Waals surface area contributed by atoms with Crippen LogP contribution in [0, 0.1) is 0 Å². The number of rotatable bonds is 6. The zero-order chi connectivity index (χ0) is 14.0. The predicted octanol–water partition coefficient (Wildman–Crippen LogP) is 0.293. The molecule has 1 aliphatic carbocycles. The maximum absolute atomic E-state index is 12.0. The standard InChI is InChI=1S/C11H17N5O2S/c1-5(4-7(12)17)14-10(18)8-9(13)16-11(19-8)15-6-2-3-6/h5-6H,2-4,13H2,1H3,(H2,12,17)(H,14,18)(H,15,16). The first-order valence-corrected chi connectivity index (χ1v) is 6.89. The van der Waals surface area contributed by atoms with Gasteiger partial charge in [0, 0.05) is 18.5 Å². The fraction of sp³-hybridized carbons (Fsp3) is 0.545. The van der Waals surface area contributed by atoms with E-state index in [9.17, 15) is 9.59 Å². The number of nitrogens with two attached hydrogens (primary N) is 2. The van der Waals surface area contributed by atoms with Crippen molar-refractivity contribution < 1.29 is 9.59 Å². The van der Waals surface area contributed by atoms with E-state index in [-0.39, 0.29) is 24.2 Å². The molecule has 0 saturated heterocycles. The molecule has 0 aliphatic heterocycles. The molecule has 1 aromatic heterocycles. The first kappa shape index (κ1) is 13.6. The molecule has 1 atom stereocenters. The lowest BCUT2D eigenvalue weighted by Gasteiger charge is -2.10. The van der Waals surface area contributed by atoms with Crippen LogP contribution in [0.3, 0.4) is 0 Å². The van der Waals surface area contributed by atoms with Gasteiger partial charge in [-0.2, -0.15) is 0 Å². The van der Waals surface area contributed by atoms with Crippen LogP contribution in [0.15, 0.2) is 0 Å². The highest BCUT2D eigenvalue weighted by molar-refractivity contribution is 7.18. The van der Waals surface area contributed by atoms with E-state index >= 15 is 0 Å². The molecule has 0 aromatic carbocycles. The van der Waals surface area contributed by atoms with Gasteiger partial charge < -0.3 is 22.1 Å². The summed E-state index contributed by atoms with van der Waals surface area (Å²) in [7, 11) is 0. The third kappa shape index (κ3) is 3.82. The van der Waals surface area contributed by atoms with Crippen molar-refractivity contribution in [2.45, 2.75) is 38.3 Å². The number of nitrogens with one attached hydrogen (secondary N) is 2. The number of nitrogens with zero attached hydrogens (tertiary/aromatic N) is 1. The fourth-order valence-electron chi connectivity index (χ4n) is 1.60. The normalized spacial score (nSPS) is 15.8. The molecular weight excluding hydrogens is 266 g/mol. The second kappa shape index (κ2) is 5.43. The monoisotopic (exact) mass is 283 g/mol. The van der Waals surface area contributed by atoms with Crippen LogP contribution in [-0.2, 0) is 4.79 Å². The van der Waals surface area contributed by atoms with Crippen LogP contribution in [0.4, 0.5) is 10.9 Å². The lowest BCUT2D eigenvalue weighted by atomic mass is 10.2. The summed E-state index contributed by atoms with van der Waals surface area (Å²) >= 11 is 1.22. The molecule has 1 fully saturated rings. The number of primary amides is 1. The lowest BCUT2D eigenvalue weighted by molar-refractivity contribution is -0.118. The molecule has 0 bridgehead atoms. The lowest BCUT2D eigenvalue weighted by Crippen LogP contribution is -2.35. The van der Waals surface area contributed by atoms with Crippen LogP contribution in [0.2, 0.25) is 0 Å². The molecule has 1 aliphatic rings. The molecule has 19 heavy (non-hydrogen) atoms. The largest absolute Gasteiger partial charge is 0.382 e. The Bertz CT molecular complexity index is 497. The molecule has 104 valence electrons. The van der Waals surface area contributed by atoms with Gasteiger partial charge in [-0.3, -0.25) is 9.59 Å². The summed E-state index contributed by atoms with van der Waals surface area (Å²) in [6.45, 7) is 1.71. The Labute approximate surface area is 114 Å². The molecule has 2 amide bonds. The molecule has 8 heteroatoms. The molecular formula is C11H17N5O2S. The minimum absolute atomic E-state index is 0.0949. The summed E-state index contributed by atoms with van der Waals surface area (Å²) in [6, 6.07) is 0.126. The van der Waals surface area contributed by atoms with Gasteiger partial charge in [0.1, 0.15) is 10.7 Å². The maximum Gasteiger partial charge on any atom is 0.265 e. The number of anilines is 2. The third-order valence-electron chi connectivity index (χ3n) is 2.65. The van der Waals surface area contributed by atoms with E-state index in [1.54, 1.807) is 6.92 Å². The van der Waals surface area contributed by atoms with Crippen LogP contribution >= 0.6 is 11.3 Å². The van der Waals surface area contributed by atoms with Gasteiger partial charge in [0.2, 0.25) is 5.91 Å². The predicted molar refractivity (Wildman–Crippen MR) is 73.9 cm³/mol. The minimum atomic E-state index is -0.457. The van der Waals surface area contributed by atoms with E-state index < -0.39 is 5.91 Å². The van der Waals surface area contributed by atoms with Gasteiger partial charge in [-0.25, -0.2) is 4.98 Å². The average molecular weight is 283 g/mol. The van der Waals surface area contributed by atoms with Gasteiger partial charge in [0.25, 0.3) is 5.91 Å². The number of aromatic nitrogens is 1. The van der Waals surface area contributed by atoms with E-state index in [2.05, 4.69) is 15.6 Å². The molecule has 7 nitrogen and oxygen atoms in total. The molecule has 1 heterocycles. The SMILES string of the molecule is CC(CC(N)=O)NC(=O)c1sc(NC2CC2)nc1N. The molecule has 0 spiro atoms. The van der Waals surface area contributed by atoms with Crippen molar-refractivity contribution in [2.24, 2.45) is 5.73 Å². The van der Waals surface area contributed by atoms with Crippen molar-refractivity contribution in [1.82, 2.24) is 10.3 Å². The number of hydrogen-bond donors (Lipinski definition) is 4. The molecule has 1 saturated carbocycles. The smallest absolute Gasteiger partial charge is 0.265 e. The second-order valence-corrected chi connectivity index (χ2v) is 5.70. The Morgan fingerprint density at radius 3 is 2.79 bits per heavy atom. The third-order valence-corrected chi connectivity index (χ3v) is 3.65. The van der Waals surface area contributed by atoms with Crippen LogP contribution in [0.5, 0.6) is 0 Å². The van der Waals surface area contributed by atoms with Crippen molar-refractivity contribution in [1.29, 1.82) is 0 Å². The van der Waals surface area contributed by atoms with Gasteiger partial charge in [-0.1, -0.05) is 11.3 Å². The molecule has 1 aromatic rings. The Kier molecular flexibility index (Phi) is 3.89. The van der Waals surface area contributed by atoms with E-state index in [1.165, 1.54) is 11.3 Å². The summed E-state index contributed by atoms with van der Waals surface area (Å²) in [6.07, 6.45) is 2.34. The van der Waals surface area contributed by atoms with Gasteiger partial charge in [-0.15, -0.1) is 0 Å². The summed E-state index contributed by atoms with van der Waals surface area (Å²) in [5, 5.41) is 6.52.